The minimum Gasteiger partial charge on any atom is -0.369 e. The minimum absolute atomic E-state index is 0.750. The number of aromatic nitrogens is 4. The normalized spacial score (nSPS) is 11.1. The zero-order valence-corrected chi connectivity index (χ0v) is 18.1. The summed E-state index contributed by atoms with van der Waals surface area (Å²) in [5.74, 6) is 1.58. The fraction of sp³-hybridized carbons (Fsp3) is 0.208. The Morgan fingerprint density at radius 3 is 2.65 bits per heavy atom. The number of rotatable bonds is 8. The summed E-state index contributed by atoms with van der Waals surface area (Å²) in [5.41, 5.74) is 3.95. The van der Waals surface area contributed by atoms with Crippen LogP contribution < -0.4 is 10.6 Å². The highest BCUT2D eigenvalue weighted by Crippen LogP contribution is 2.26. The summed E-state index contributed by atoms with van der Waals surface area (Å²) >= 11 is 0. The number of hydrogen-bond acceptors (Lipinski definition) is 6. The predicted molar refractivity (Wildman–Crippen MR) is 128 cm³/mol. The van der Waals surface area contributed by atoms with Crippen molar-refractivity contribution in [3.05, 3.63) is 73.3 Å². The molecule has 0 unspecified atom stereocenters. The molecular formula is C24H27N7. The molecule has 0 radical (unpaired) electrons. The molecule has 3 aromatic heterocycles. The lowest BCUT2D eigenvalue weighted by molar-refractivity contribution is 0.425. The van der Waals surface area contributed by atoms with E-state index >= 15 is 0 Å². The lowest BCUT2D eigenvalue weighted by Gasteiger charge is -2.13. The van der Waals surface area contributed by atoms with E-state index in [1.54, 1.807) is 10.9 Å². The molecule has 4 aromatic rings. The molecule has 31 heavy (non-hydrogen) atoms. The maximum Gasteiger partial charge on any atom is 0.130 e. The summed E-state index contributed by atoms with van der Waals surface area (Å²) in [4.78, 5) is 11.1. The second-order valence-corrected chi connectivity index (χ2v) is 7.80. The molecule has 0 aliphatic heterocycles. The van der Waals surface area contributed by atoms with Gasteiger partial charge in [-0.25, -0.2) is 9.97 Å². The van der Waals surface area contributed by atoms with Crippen molar-refractivity contribution >= 4 is 28.1 Å². The van der Waals surface area contributed by atoms with Crippen molar-refractivity contribution in [3.8, 4) is 11.1 Å². The Kier molecular flexibility index (Phi) is 5.95. The van der Waals surface area contributed by atoms with Gasteiger partial charge in [0.25, 0.3) is 0 Å². The van der Waals surface area contributed by atoms with E-state index in [-0.39, 0.29) is 0 Å². The van der Waals surface area contributed by atoms with Crippen LogP contribution in [-0.2, 0) is 7.05 Å². The molecule has 0 saturated heterocycles. The molecule has 158 valence electrons. The number of pyridine rings is 2. The lowest BCUT2D eigenvalue weighted by atomic mass is 10.0. The summed E-state index contributed by atoms with van der Waals surface area (Å²) in [6.45, 7) is 5.96. The molecule has 7 nitrogen and oxygen atoms in total. The summed E-state index contributed by atoms with van der Waals surface area (Å²) in [7, 11) is 6.02. The van der Waals surface area contributed by atoms with Crippen molar-refractivity contribution in [1.82, 2.24) is 24.6 Å². The quantitative estimate of drug-likeness (QED) is 0.453. The summed E-state index contributed by atoms with van der Waals surface area (Å²) in [6, 6.07) is 12.3. The van der Waals surface area contributed by atoms with Gasteiger partial charge in [-0.1, -0.05) is 18.7 Å². The third-order valence-electron chi connectivity index (χ3n) is 5.01. The van der Waals surface area contributed by atoms with E-state index in [2.05, 4.69) is 55.4 Å². The zero-order valence-electron chi connectivity index (χ0n) is 18.1. The van der Waals surface area contributed by atoms with Crippen LogP contribution in [0, 0.1) is 0 Å². The number of fused-ring (bicyclic) bond motifs is 1. The molecule has 0 saturated carbocycles. The van der Waals surface area contributed by atoms with Gasteiger partial charge in [0, 0.05) is 60.9 Å². The Morgan fingerprint density at radius 2 is 1.87 bits per heavy atom. The highest BCUT2D eigenvalue weighted by atomic mass is 15.2. The Labute approximate surface area is 182 Å². The maximum absolute atomic E-state index is 4.55. The monoisotopic (exact) mass is 413 g/mol. The van der Waals surface area contributed by atoms with Crippen LogP contribution in [0.15, 0.2) is 67.8 Å². The SMILES string of the molecule is C=C(Nc1cc2cc(-c3cnn(C)c3)ccc2cn1)c1ccnc(NCCN(C)C)c1. The largest absolute Gasteiger partial charge is 0.369 e. The number of anilines is 2. The number of hydrogen-bond donors (Lipinski definition) is 2. The molecule has 3 heterocycles. The number of aryl methyl sites for hydroxylation is 1. The summed E-state index contributed by atoms with van der Waals surface area (Å²) < 4.78 is 1.81. The van der Waals surface area contributed by atoms with Gasteiger partial charge in [-0.15, -0.1) is 0 Å². The van der Waals surface area contributed by atoms with Gasteiger partial charge in [0.15, 0.2) is 0 Å². The van der Waals surface area contributed by atoms with Gasteiger partial charge in [0.2, 0.25) is 0 Å². The van der Waals surface area contributed by atoms with E-state index < -0.39 is 0 Å². The second-order valence-electron chi connectivity index (χ2n) is 7.80. The summed E-state index contributed by atoms with van der Waals surface area (Å²) in [6.07, 6.45) is 7.54. The van der Waals surface area contributed by atoms with Crippen LogP contribution >= 0.6 is 0 Å². The Hall–Kier alpha value is -3.71. The van der Waals surface area contributed by atoms with Crippen molar-refractivity contribution in [2.45, 2.75) is 0 Å². The van der Waals surface area contributed by atoms with Crippen molar-refractivity contribution < 1.29 is 0 Å². The molecule has 7 heteroatoms. The smallest absolute Gasteiger partial charge is 0.130 e. The average molecular weight is 414 g/mol. The standard InChI is InChI=1S/C24H27N7/c1-17(18-7-8-25-23(12-18)26-9-10-30(2)3)29-24-13-21-11-19(5-6-20(21)14-27-24)22-15-28-31(4)16-22/h5-8,11-16H,1,9-10H2,2-4H3,(H,25,26)(H,27,29). The number of nitrogens with one attached hydrogen (secondary N) is 2. The van der Waals surface area contributed by atoms with E-state index in [1.165, 1.54) is 0 Å². The van der Waals surface area contributed by atoms with Crippen LogP contribution in [0.5, 0.6) is 0 Å². The second kappa shape index (κ2) is 8.97. The first-order valence-electron chi connectivity index (χ1n) is 10.2. The lowest BCUT2D eigenvalue weighted by Crippen LogP contribution is -2.21. The Balaban J connectivity index is 1.50. The number of nitrogens with zero attached hydrogens (tertiary/aromatic N) is 5. The molecule has 0 aliphatic rings. The van der Waals surface area contributed by atoms with E-state index in [1.807, 2.05) is 57.9 Å². The molecule has 0 fully saturated rings. The van der Waals surface area contributed by atoms with Gasteiger partial charge in [-0.3, -0.25) is 4.68 Å². The highest BCUT2D eigenvalue weighted by molar-refractivity contribution is 5.89. The van der Waals surface area contributed by atoms with Crippen LogP contribution in [0.3, 0.4) is 0 Å². The van der Waals surface area contributed by atoms with Crippen molar-refractivity contribution in [3.63, 3.8) is 0 Å². The summed E-state index contributed by atoms with van der Waals surface area (Å²) in [5, 5.41) is 13.1. The van der Waals surface area contributed by atoms with Crippen molar-refractivity contribution in [1.29, 1.82) is 0 Å². The average Bonchev–Trinajstić information content (AvgIpc) is 3.19. The van der Waals surface area contributed by atoms with Gasteiger partial charge in [0.1, 0.15) is 11.6 Å². The molecule has 2 N–H and O–H groups in total. The highest BCUT2D eigenvalue weighted by Gasteiger charge is 2.06. The topological polar surface area (TPSA) is 70.9 Å². The first kappa shape index (κ1) is 20.6. The molecule has 0 amide bonds. The van der Waals surface area contributed by atoms with Gasteiger partial charge < -0.3 is 15.5 Å². The van der Waals surface area contributed by atoms with E-state index in [0.717, 1.165) is 57.9 Å². The van der Waals surface area contributed by atoms with Crippen LogP contribution in [0.25, 0.3) is 27.6 Å². The van der Waals surface area contributed by atoms with Gasteiger partial charge in [-0.2, -0.15) is 5.10 Å². The Morgan fingerprint density at radius 1 is 1.00 bits per heavy atom. The maximum atomic E-state index is 4.55. The Bertz CT molecular complexity index is 1210. The van der Waals surface area contributed by atoms with Gasteiger partial charge in [-0.05, 0) is 49.3 Å². The molecular weight excluding hydrogens is 386 g/mol. The van der Waals surface area contributed by atoms with Crippen molar-refractivity contribution in [2.75, 3.05) is 37.8 Å². The third kappa shape index (κ3) is 5.07. The van der Waals surface area contributed by atoms with E-state index in [4.69, 9.17) is 0 Å². The zero-order chi connectivity index (χ0) is 21.8. The van der Waals surface area contributed by atoms with Crippen LogP contribution in [0.2, 0.25) is 0 Å². The minimum atomic E-state index is 0.750. The molecule has 0 bridgehead atoms. The third-order valence-corrected chi connectivity index (χ3v) is 5.01. The van der Waals surface area contributed by atoms with E-state index in [0.29, 0.717) is 0 Å². The van der Waals surface area contributed by atoms with Crippen LogP contribution in [0.1, 0.15) is 5.56 Å². The number of likely N-dealkylation sites (N-methyl/N-ethyl adjacent to an activating group) is 1. The van der Waals surface area contributed by atoms with Gasteiger partial charge >= 0.3 is 0 Å². The molecule has 1 aromatic carbocycles. The number of benzene rings is 1. The van der Waals surface area contributed by atoms with Crippen LogP contribution in [0.4, 0.5) is 11.6 Å². The fourth-order valence-electron chi connectivity index (χ4n) is 3.31. The predicted octanol–water partition coefficient (Wildman–Crippen LogP) is 4.09. The van der Waals surface area contributed by atoms with E-state index in [9.17, 15) is 0 Å². The molecule has 0 atom stereocenters. The molecule has 0 spiro atoms. The van der Waals surface area contributed by atoms with Crippen molar-refractivity contribution in [2.24, 2.45) is 7.05 Å². The first-order chi connectivity index (χ1) is 15.0. The van der Waals surface area contributed by atoms with Crippen LogP contribution in [-0.4, -0.2) is 51.8 Å². The first-order valence-corrected chi connectivity index (χ1v) is 10.2. The fourth-order valence-corrected chi connectivity index (χ4v) is 3.31. The van der Waals surface area contributed by atoms with Gasteiger partial charge in [0.05, 0.1) is 6.20 Å². The molecule has 4 rings (SSSR count). The molecule has 0 aliphatic carbocycles.